The van der Waals surface area contributed by atoms with Gasteiger partial charge >= 0.3 is 5.97 Å². The van der Waals surface area contributed by atoms with Crippen LogP contribution in [0.5, 0.6) is 0 Å². The number of benzene rings is 2. The molecule has 0 fully saturated rings. The van der Waals surface area contributed by atoms with Gasteiger partial charge in [-0.3, -0.25) is 9.78 Å². The van der Waals surface area contributed by atoms with Crippen molar-refractivity contribution in [1.29, 1.82) is 0 Å². The van der Waals surface area contributed by atoms with E-state index < -0.39 is 11.6 Å². The molecule has 1 heterocycles. The predicted molar refractivity (Wildman–Crippen MR) is 117 cm³/mol. The quantitative estimate of drug-likeness (QED) is 0.588. The Morgan fingerprint density at radius 1 is 0.935 bits per heavy atom. The van der Waals surface area contributed by atoms with Gasteiger partial charge in [0.15, 0.2) is 0 Å². The number of nitrogens with zero attached hydrogens (tertiary/aromatic N) is 1. The maximum atomic E-state index is 12.9. The highest BCUT2D eigenvalue weighted by Gasteiger charge is 2.43. The smallest absolute Gasteiger partial charge is 0.335 e. The molecule has 0 saturated carbocycles. The SMILES string of the molecule is CC1(C)CCC(O)(c2ccccn2)c2cc(C(=O)Nc3ccc(C(=O)O)cc3)ccc21. The minimum atomic E-state index is -1.27. The largest absolute Gasteiger partial charge is 0.478 e. The van der Waals surface area contributed by atoms with Crippen molar-refractivity contribution in [2.24, 2.45) is 0 Å². The summed E-state index contributed by atoms with van der Waals surface area (Å²) in [6.45, 7) is 4.27. The molecule has 0 spiro atoms. The first-order chi connectivity index (χ1) is 14.7. The molecule has 6 nitrogen and oxygen atoms in total. The van der Waals surface area contributed by atoms with Gasteiger partial charge in [-0.1, -0.05) is 26.0 Å². The number of fused-ring (bicyclic) bond motifs is 1. The molecule has 3 aromatic rings. The summed E-state index contributed by atoms with van der Waals surface area (Å²) in [5.41, 5.74) is 1.89. The summed E-state index contributed by atoms with van der Waals surface area (Å²) in [6.07, 6.45) is 2.95. The fourth-order valence-electron chi connectivity index (χ4n) is 4.15. The summed E-state index contributed by atoms with van der Waals surface area (Å²) in [5, 5.41) is 23.5. The summed E-state index contributed by atoms with van der Waals surface area (Å²) in [4.78, 5) is 28.3. The van der Waals surface area contributed by atoms with E-state index in [1.807, 2.05) is 12.1 Å². The van der Waals surface area contributed by atoms with Gasteiger partial charge in [-0.2, -0.15) is 0 Å². The Bertz CT molecular complexity index is 1140. The number of carbonyl (C=O) groups is 2. The molecule has 31 heavy (non-hydrogen) atoms. The molecule has 2 aromatic carbocycles. The minimum absolute atomic E-state index is 0.141. The number of aromatic carboxylic acids is 1. The second-order valence-electron chi connectivity index (χ2n) is 8.56. The monoisotopic (exact) mass is 416 g/mol. The first kappa shape index (κ1) is 20.8. The number of carboxylic acids is 1. The third kappa shape index (κ3) is 3.82. The van der Waals surface area contributed by atoms with Crippen molar-refractivity contribution in [3.63, 3.8) is 0 Å². The zero-order chi connectivity index (χ0) is 22.2. The van der Waals surface area contributed by atoms with Gasteiger partial charge in [-0.25, -0.2) is 4.79 Å². The molecule has 0 saturated heterocycles. The third-order valence-corrected chi connectivity index (χ3v) is 6.05. The Balaban J connectivity index is 1.70. The summed E-state index contributed by atoms with van der Waals surface area (Å²) >= 11 is 0. The molecule has 158 valence electrons. The number of hydrogen-bond acceptors (Lipinski definition) is 4. The molecule has 1 aromatic heterocycles. The number of anilines is 1. The molecule has 0 aliphatic heterocycles. The molecular formula is C25H24N2O4. The highest BCUT2D eigenvalue weighted by molar-refractivity contribution is 6.04. The van der Waals surface area contributed by atoms with Crippen molar-refractivity contribution < 1.29 is 19.8 Å². The van der Waals surface area contributed by atoms with Crippen LogP contribution in [0.4, 0.5) is 5.69 Å². The van der Waals surface area contributed by atoms with Crippen molar-refractivity contribution in [2.75, 3.05) is 5.32 Å². The van der Waals surface area contributed by atoms with Crippen LogP contribution in [0.2, 0.25) is 0 Å². The number of aromatic nitrogens is 1. The number of rotatable bonds is 4. The molecule has 1 aliphatic rings. The molecule has 1 unspecified atom stereocenters. The minimum Gasteiger partial charge on any atom is -0.478 e. The Hall–Kier alpha value is -3.51. The lowest BCUT2D eigenvalue weighted by atomic mass is 9.65. The molecule has 1 amide bonds. The maximum Gasteiger partial charge on any atom is 0.335 e. The summed E-state index contributed by atoms with van der Waals surface area (Å²) in [6, 6.07) is 16.8. The molecule has 1 atom stereocenters. The Kier molecular flexibility index (Phi) is 5.11. The number of aliphatic hydroxyl groups is 1. The normalized spacial score (nSPS) is 19.3. The van der Waals surface area contributed by atoms with Crippen LogP contribution in [0.15, 0.2) is 66.9 Å². The van der Waals surface area contributed by atoms with Crippen LogP contribution in [0.3, 0.4) is 0 Å². The van der Waals surface area contributed by atoms with Gasteiger partial charge in [-0.05, 0) is 77.9 Å². The van der Waals surface area contributed by atoms with Crippen LogP contribution in [0.25, 0.3) is 0 Å². The van der Waals surface area contributed by atoms with E-state index in [0.717, 1.165) is 12.0 Å². The number of hydrogen-bond donors (Lipinski definition) is 3. The first-order valence-electron chi connectivity index (χ1n) is 10.1. The van der Waals surface area contributed by atoms with E-state index in [4.69, 9.17) is 5.11 Å². The second kappa shape index (κ2) is 7.63. The summed E-state index contributed by atoms with van der Waals surface area (Å²) < 4.78 is 0. The maximum absolute atomic E-state index is 12.9. The Morgan fingerprint density at radius 3 is 2.29 bits per heavy atom. The Morgan fingerprint density at radius 2 is 1.65 bits per heavy atom. The van der Waals surface area contributed by atoms with Crippen molar-refractivity contribution in [1.82, 2.24) is 4.98 Å². The van der Waals surface area contributed by atoms with Gasteiger partial charge in [0.05, 0.1) is 11.3 Å². The lowest BCUT2D eigenvalue weighted by Crippen LogP contribution is -2.39. The van der Waals surface area contributed by atoms with Crippen LogP contribution in [0, 0.1) is 0 Å². The molecule has 4 rings (SSSR count). The number of amides is 1. The molecular weight excluding hydrogens is 392 g/mol. The highest BCUT2D eigenvalue weighted by Crippen LogP contribution is 2.47. The average Bonchev–Trinajstić information content (AvgIpc) is 2.77. The number of carbonyl (C=O) groups excluding carboxylic acids is 1. The molecule has 0 radical (unpaired) electrons. The zero-order valence-corrected chi connectivity index (χ0v) is 17.4. The summed E-state index contributed by atoms with van der Waals surface area (Å²) in [5.74, 6) is -1.36. The van der Waals surface area contributed by atoms with Crippen LogP contribution >= 0.6 is 0 Å². The van der Waals surface area contributed by atoms with Gasteiger partial charge in [0, 0.05) is 17.4 Å². The van der Waals surface area contributed by atoms with Gasteiger partial charge < -0.3 is 15.5 Å². The van der Waals surface area contributed by atoms with E-state index >= 15 is 0 Å². The van der Waals surface area contributed by atoms with E-state index in [1.165, 1.54) is 12.1 Å². The van der Waals surface area contributed by atoms with Gasteiger partial charge in [0.2, 0.25) is 0 Å². The second-order valence-corrected chi connectivity index (χ2v) is 8.56. The fourth-order valence-corrected chi connectivity index (χ4v) is 4.15. The van der Waals surface area contributed by atoms with E-state index in [9.17, 15) is 14.7 Å². The standard InChI is InChI=1S/C25H24N2O4/c1-24(2)12-13-25(31,21-5-3-4-14-26-21)20-15-17(8-11-19(20)24)22(28)27-18-9-6-16(7-10-18)23(29)30/h3-11,14-15,31H,12-13H2,1-2H3,(H,27,28)(H,29,30). The third-order valence-electron chi connectivity index (χ3n) is 6.05. The van der Waals surface area contributed by atoms with Crippen molar-refractivity contribution >= 4 is 17.6 Å². The zero-order valence-electron chi connectivity index (χ0n) is 17.4. The fraction of sp³-hybridized carbons (Fsp3) is 0.240. The van der Waals surface area contributed by atoms with Crippen LogP contribution in [-0.2, 0) is 11.0 Å². The van der Waals surface area contributed by atoms with Crippen LogP contribution < -0.4 is 5.32 Å². The highest BCUT2D eigenvalue weighted by atomic mass is 16.4. The Labute approximate surface area is 180 Å². The molecule has 1 aliphatic carbocycles. The van der Waals surface area contributed by atoms with Crippen LogP contribution in [-0.4, -0.2) is 27.1 Å². The first-order valence-corrected chi connectivity index (χ1v) is 10.1. The van der Waals surface area contributed by atoms with Crippen molar-refractivity contribution in [3.8, 4) is 0 Å². The number of nitrogens with one attached hydrogen (secondary N) is 1. The molecule has 0 bridgehead atoms. The van der Waals surface area contributed by atoms with Crippen LogP contribution in [0.1, 0.15) is 64.2 Å². The topological polar surface area (TPSA) is 99.5 Å². The van der Waals surface area contributed by atoms with E-state index in [2.05, 4.69) is 24.1 Å². The number of pyridine rings is 1. The van der Waals surface area contributed by atoms with E-state index in [-0.39, 0.29) is 16.9 Å². The lowest BCUT2D eigenvalue weighted by Gasteiger charge is -2.42. The van der Waals surface area contributed by atoms with E-state index in [1.54, 1.807) is 42.6 Å². The van der Waals surface area contributed by atoms with Crippen molar-refractivity contribution in [2.45, 2.75) is 37.7 Å². The predicted octanol–water partition coefficient (Wildman–Crippen LogP) is 4.34. The van der Waals surface area contributed by atoms with Gasteiger partial charge in [0.25, 0.3) is 5.91 Å². The molecule has 3 N–H and O–H groups in total. The average molecular weight is 416 g/mol. The summed E-state index contributed by atoms with van der Waals surface area (Å²) in [7, 11) is 0. The molecule has 6 heteroatoms. The van der Waals surface area contributed by atoms with Gasteiger partial charge in [0.1, 0.15) is 5.60 Å². The van der Waals surface area contributed by atoms with E-state index in [0.29, 0.717) is 28.9 Å². The van der Waals surface area contributed by atoms with Crippen molar-refractivity contribution in [3.05, 3.63) is 94.8 Å². The number of carboxylic acid groups (broad SMARTS) is 1. The van der Waals surface area contributed by atoms with Gasteiger partial charge in [-0.15, -0.1) is 0 Å². The lowest BCUT2D eigenvalue weighted by molar-refractivity contribution is 0.0454.